The Labute approximate surface area is 81.5 Å². The van der Waals surface area contributed by atoms with Gasteiger partial charge in [-0.05, 0) is 11.6 Å². The van der Waals surface area contributed by atoms with Crippen molar-refractivity contribution in [1.29, 1.82) is 0 Å². The van der Waals surface area contributed by atoms with Crippen molar-refractivity contribution in [3.05, 3.63) is 35.1 Å². The molecule has 1 aromatic rings. The van der Waals surface area contributed by atoms with E-state index in [1.165, 1.54) is 6.07 Å². The Bertz CT molecular complexity index is 312. The van der Waals surface area contributed by atoms with Crippen molar-refractivity contribution >= 4 is 17.9 Å². The quantitative estimate of drug-likeness (QED) is 0.542. The van der Waals surface area contributed by atoms with Gasteiger partial charge in [0.1, 0.15) is 12.1 Å². The van der Waals surface area contributed by atoms with Gasteiger partial charge in [-0.2, -0.15) is 0 Å². The Balaban J connectivity index is 3.02. The molecule has 1 atom stereocenters. The monoisotopic (exact) mass is 200 g/mol. The van der Waals surface area contributed by atoms with Gasteiger partial charge in [-0.25, -0.2) is 4.39 Å². The Morgan fingerprint density at radius 3 is 2.77 bits per heavy atom. The van der Waals surface area contributed by atoms with E-state index in [0.717, 1.165) is 6.29 Å². The maximum absolute atomic E-state index is 13.1. The average molecular weight is 201 g/mol. The third kappa shape index (κ3) is 2.28. The molecule has 0 aliphatic heterocycles. The third-order valence-electron chi connectivity index (χ3n) is 1.95. The van der Waals surface area contributed by atoms with Gasteiger partial charge in [-0.15, -0.1) is 11.6 Å². The Kier molecular flexibility index (Phi) is 3.43. The van der Waals surface area contributed by atoms with E-state index in [-0.39, 0.29) is 17.6 Å². The molecule has 0 heterocycles. The molecule has 0 aromatic heterocycles. The number of hydrogen-bond donors (Lipinski definition) is 0. The second-order valence-corrected chi connectivity index (χ2v) is 3.18. The highest BCUT2D eigenvalue weighted by atomic mass is 35.5. The molecule has 1 nitrogen and oxygen atoms in total. The number of aldehydes is 1. The van der Waals surface area contributed by atoms with Gasteiger partial charge in [-0.3, -0.25) is 0 Å². The lowest BCUT2D eigenvalue weighted by atomic mass is 10.0. The second kappa shape index (κ2) is 4.38. The van der Waals surface area contributed by atoms with Gasteiger partial charge in [0, 0.05) is 11.5 Å². The molecule has 0 spiro atoms. The molecular formula is C10H10ClFO. The first-order chi connectivity index (χ1) is 6.19. The number of carbonyl (C=O) groups is 1. The summed E-state index contributed by atoms with van der Waals surface area (Å²) in [5.74, 6) is -0.457. The van der Waals surface area contributed by atoms with Crippen LogP contribution in [-0.4, -0.2) is 6.29 Å². The van der Waals surface area contributed by atoms with Crippen molar-refractivity contribution < 1.29 is 9.18 Å². The van der Waals surface area contributed by atoms with E-state index in [0.29, 0.717) is 11.1 Å². The molecule has 1 aromatic carbocycles. The molecule has 0 saturated heterocycles. The van der Waals surface area contributed by atoms with Gasteiger partial charge in [0.15, 0.2) is 0 Å². The summed E-state index contributed by atoms with van der Waals surface area (Å²) < 4.78 is 13.1. The molecular weight excluding hydrogens is 191 g/mol. The molecule has 0 aliphatic carbocycles. The minimum atomic E-state index is -0.346. The molecule has 0 aliphatic rings. The summed E-state index contributed by atoms with van der Waals surface area (Å²) in [5, 5.41) is 0. The first-order valence-corrected chi connectivity index (χ1v) is 4.52. The van der Waals surface area contributed by atoms with Crippen molar-refractivity contribution in [2.45, 2.75) is 18.7 Å². The van der Waals surface area contributed by atoms with Gasteiger partial charge in [0.25, 0.3) is 0 Å². The lowest BCUT2D eigenvalue weighted by Gasteiger charge is -2.05. The van der Waals surface area contributed by atoms with Crippen molar-refractivity contribution in [2.24, 2.45) is 0 Å². The van der Waals surface area contributed by atoms with Crippen molar-refractivity contribution in [3.8, 4) is 0 Å². The zero-order valence-electron chi connectivity index (χ0n) is 7.26. The van der Waals surface area contributed by atoms with Gasteiger partial charge in [-0.1, -0.05) is 19.1 Å². The van der Waals surface area contributed by atoms with Crippen LogP contribution >= 0.6 is 11.6 Å². The zero-order chi connectivity index (χ0) is 9.84. The number of hydrogen-bond acceptors (Lipinski definition) is 1. The lowest BCUT2D eigenvalue weighted by Crippen LogP contribution is -1.96. The summed E-state index contributed by atoms with van der Waals surface area (Å²) in [6.45, 7) is 1.72. The molecule has 13 heavy (non-hydrogen) atoms. The van der Waals surface area contributed by atoms with E-state index in [2.05, 4.69) is 0 Å². The number of carbonyl (C=O) groups excluding carboxylic acids is 1. The summed E-state index contributed by atoms with van der Waals surface area (Å²) in [6.07, 6.45) is 0.787. The number of benzene rings is 1. The van der Waals surface area contributed by atoms with Crippen LogP contribution < -0.4 is 0 Å². The van der Waals surface area contributed by atoms with Crippen LogP contribution in [0.5, 0.6) is 0 Å². The minimum absolute atomic E-state index is 0.154. The fraction of sp³-hybridized carbons (Fsp3) is 0.300. The summed E-state index contributed by atoms with van der Waals surface area (Å²) in [4.78, 5) is 10.4. The van der Waals surface area contributed by atoms with E-state index in [1.54, 1.807) is 19.1 Å². The highest BCUT2D eigenvalue weighted by Crippen LogP contribution is 2.18. The standard InChI is InChI=1S/C10H10ClFO/c1-7(6-13)8-2-3-9(5-11)10(12)4-8/h2-4,6-7H,5H2,1H3. The van der Waals surface area contributed by atoms with Gasteiger partial charge < -0.3 is 4.79 Å². The van der Waals surface area contributed by atoms with Crippen molar-refractivity contribution in [3.63, 3.8) is 0 Å². The predicted molar refractivity (Wildman–Crippen MR) is 50.4 cm³/mol. The summed E-state index contributed by atoms with van der Waals surface area (Å²) in [6, 6.07) is 4.69. The first-order valence-electron chi connectivity index (χ1n) is 3.98. The molecule has 0 radical (unpaired) electrons. The highest BCUT2D eigenvalue weighted by Gasteiger charge is 2.07. The summed E-state index contributed by atoms with van der Waals surface area (Å²) in [5.41, 5.74) is 1.14. The Morgan fingerprint density at radius 1 is 1.62 bits per heavy atom. The summed E-state index contributed by atoms with van der Waals surface area (Å²) >= 11 is 5.49. The fourth-order valence-electron chi connectivity index (χ4n) is 1.03. The van der Waals surface area contributed by atoms with Crippen LogP contribution in [0.25, 0.3) is 0 Å². The van der Waals surface area contributed by atoms with Gasteiger partial charge >= 0.3 is 0 Å². The van der Waals surface area contributed by atoms with Crippen LogP contribution in [0, 0.1) is 5.82 Å². The fourth-order valence-corrected chi connectivity index (χ4v) is 1.25. The van der Waals surface area contributed by atoms with Crippen LogP contribution in [0.3, 0.4) is 0 Å². The largest absolute Gasteiger partial charge is 0.303 e. The highest BCUT2D eigenvalue weighted by molar-refractivity contribution is 6.17. The van der Waals surface area contributed by atoms with E-state index in [9.17, 15) is 9.18 Å². The van der Waals surface area contributed by atoms with Gasteiger partial charge in [0.05, 0.1) is 5.88 Å². The van der Waals surface area contributed by atoms with E-state index in [1.807, 2.05) is 0 Å². The maximum Gasteiger partial charge on any atom is 0.127 e. The second-order valence-electron chi connectivity index (χ2n) is 2.91. The van der Waals surface area contributed by atoms with Crippen molar-refractivity contribution in [2.75, 3.05) is 0 Å². The zero-order valence-corrected chi connectivity index (χ0v) is 8.01. The molecule has 1 rings (SSSR count). The van der Waals surface area contributed by atoms with E-state index >= 15 is 0 Å². The smallest absolute Gasteiger partial charge is 0.127 e. The Hall–Kier alpha value is -0.890. The minimum Gasteiger partial charge on any atom is -0.303 e. The van der Waals surface area contributed by atoms with Crippen LogP contribution in [0.1, 0.15) is 24.0 Å². The third-order valence-corrected chi connectivity index (χ3v) is 2.24. The van der Waals surface area contributed by atoms with Gasteiger partial charge in [0.2, 0.25) is 0 Å². The maximum atomic E-state index is 13.1. The molecule has 0 fully saturated rings. The Morgan fingerprint density at radius 2 is 2.31 bits per heavy atom. The number of rotatable bonds is 3. The average Bonchev–Trinajstić information content (AvgIpc) is 2.16. The molecule has 1 unspecified atom stereocenters. The number of halogens is 2. The van der Waals surface area contributed by atoms with E-state index in [4.69, 9.17) is 11.6 Å². The molecule has 0 bridgehead atoms. The summed E-state index contributed by atoms with van der Waals surface area (Å²) in [7, 11) is 0. The molecule has 3 heteroatoms. The van der Waals surface area contributed by atoms with E-state index < -0.39 is 0 Å². The molecule has 0 amide bonds. The first kappa shape index (κ1) is 10.2. The molecule has 0 N–H and O–H groups in total. The predicted octanol–water partition coefficient (Wildman–Crippen LogP) is 2.87. The molecule has 0 saturated carbocycles. The van der Waals surface area contributed by atoms with Crippen LogP contribution in [0.2, 0.25) is 0 Å². The lowest BCUT2D eigenvalue weighted by molar-refractivity contribution is -0.108. The van der Waals surface area contributed by atoms with Crippen LogP contribution in [0.4, 0.5) is 4.39 Å². The molecule has 70 valence electrons. The topological polar surface area (TPSA) is 17.1 Å². The van der Waals surface area contributed by atoms with Crippen LogP contribution in [0.15, 0.2) is 18.2 Å². The van der Waals surface area contributed by atoms with Crippen molar-refractivity contribution in [1.82, 2.24) is 0 Å². The normalized spacial score (nSPS) is 12.5. The van der Waals surface area contributed by atoms with Crippen LogP contribution in [-0.2, 0) is 10.7 Å². The SMILES string of the molecule is CC(C=O)c1ccc(CCl)c(F)c1. The number of alkyl halides is 1.